The average Bonchev–Trinajstić information content (AvgIpc) is 2.38. The molecule has 1 aliphatic rings. The lowest BCUT2D eigenvalue weighted by Crippen LogP contribution is -2.54. The van der Waals surface area contributed by atoms with Gasteiger partial charge in [0, 0.05) is 23.6 Å². The van der Waals surface area contributed by atoms with Crippen LogP contribution in [0.4, 0.5) is 11.6 Å². The van der Waals surface area contributed by atoms with E-state index in [0.717, 1.165) is 23.8 Å². The second-order valence-corrected chi connectivity index (χ2v) is 6.53. The highest BCUT2D eigenvalue weighted by molar-refractivity contribution is 5.57. The van der Waals surface area contributed by atoms with Gasteiger partial charge in [-0.05, 0) is 40.3 Å². The van der Waals surface area contributed by atoms with Crippen molar-refractivity contribution in [3.05, 3.63) is 11.4 Å². The first kappa shape index (κ1) is 16.0. The summed E-state index contributed by atoms with van der Waals surface area (Å²) in [7, 11) is 4.31. The Labute approximate surface area is 127 Å². The third-order valence-corrected chi connectivity index (χ3v) is 4.63. The molecular formula is C15H28N6. The van der Waals surface area contributed by atoms with Gasteiger partial charge in [0.05, 0.1) is 0 Å². The van der Waals surface area contributed by atoms with Gasteiger partial charge < -0.3 is 15.6 Å². The van der Waals surface area contributed by atoms with Crippen molar-refractivity contribution < 1.29 is 0 Å². The summed E-state index contributed by atoms with van der Waals surface area (Å²) in [5.41, 5.74) is 3.90. The van der Waals surface area contributed by atoms with Crippen molar-refractivity contribution in [3.63, 3.8) is 0 Å². The molecule has 0 spiro atoms. The van der Waals surface area contributed by atoms with E-state index in [-0.39, 0.29) is 11.5 Å². The Balaban J connectivity index is 2.21. The molecule has 0 unspecified atom stereocenters. The number of nitrogen functional groups attached to an aromatic ring is 1. The standard InChI is InChI=1S/C15H28N6/c1-10(2)12-18-13(11(3)14(19-12)20-16)17-9-15(21(4)5)7-6-8-15/h10H,6-9,16H2,1-5H3,(H2,17,18,19,20). The fraction of sp³-hybridized carbons (Fsp3) is 0.733. The largest absolute Gasteiger partial charge is 0.368 e. The van der Waals surface area contributed by atoms with E-state index in [2.05, 4.69) is 53.6 Å². The molecule has 1 aliphatic carbocycles. The highest BCUT2D eigenvalue weighted by Gasteiger charge is 2.38. The molecule has 2 rings (SSSR count). The number of nitrogens with two attached hydrogens (primary N) is 1. The zero-order valence-electron chi connectivity index (χ0n) is 13.8. The highest BCUT2D eigenvalue weighted by atomic mass is 15.3. The molecule has 118 valence electrons. The monoisotopic (exact) mass is 292 g/mol. The van der Waals surface area contributed by atoms with E-state index in [1.54, 1.807) is 0 Å². The Hall–Kier alpha value is -1.40. The van der Waals surface area contributed by atoms with Crippen LogP contribution in [-0.2, 0) is 0 Å². The summed E-state index contributed by atoms with van der Waals surface area (Å²) < 4.78 is 0. The summed E-state index contributed by atoms with van der Waals surface area (Å²) in [6.45, 7) is 7.06. The first-order valence-electron chi connectivity index (χ1n) is 7.66. The van der Waals surface area contributed by atoms with Crippen LogP contribution in [0.2, 0.25) is 0 Å². The summed E-state index contributed by atoms with van der Waals surface area (Å²) in [4.78, 5) is 11.5. The van der Waals surface area contributed by atoms with E-state index in [1.807, 2.05) is 6.92 Å². The smallest absolute Gasteiger partial charge is 0.148 e. The van der Waals surface area contributed by atoms with Crippen LogP contribution in [0.3, 0.4) is 0 Å². The zero-order valence-corrected chi connectivity index (χ0v) is 13.8. The van der Waals surface area contributed by atoms with E-state index in [0.29, 0.717) is 5.82 Å². The Kier molecular flexibility index (Phi) is 4.68. The normalized spacial score (nSPS) is 17.0. The van der Waals surface area contributed by atoms with Crippen molar-refractivity contribution in [2.45, 2.75) is 51.5 Å². The van der Waals surface area contributed by atoms with Crippen LogP contribution in [0.5, 0.6) is 0 Å². The molecule has 1 aromatic rings. The number of hydrazine groups is 1. The number of anilines is 2. The lowest BCUT2D eigenvalue weighted by atomic mass is 9.75. The average molecular weight is 292 g/mol. The van der Waals surface area contributed by atoms with E-state index in [4.69, 9.17) is 5.84 Å². The minimum atomic E-state index is 0.256. The van der Waals surface area contributed by atoms with Gasteiger partial charge in [0.25, 0.3) is 0 Å². The van der Waals surface area contributed by atoms with Crippen molar-refractivity contribution in [1.82, 2.24) is 14.9 Å². The topological polar surface area (TPSA) is 79.1 Å². The van der Waals surface area contributed by atoms with Gasteiger partial charge in [-0.15, -0.1) is 0 Å². The Bertz CT molecular complexity index is 493. The Morgan fingerprint density at radius 1 is 1.24 bits per heavy atom. The van der Waals surface area contributed by atoms with Crippen molar-refractivity contribution in [2.24, 2.45) is 5.84 Å². The van der Waals surface area contributed by atoms with Crippen molar-refractivity contribution in [1.29, 1.82) is 0 Å². The molecule has 0 aliphatic heterocycles. The van der Waals surface area contributed by atoms with Gasteiger partial charge in [-0.1, -0.05) is 13.8 Å². The molecule has 1 aromatic heterocycles. The Morgan fingerprint density at radius 3 is 2.29 bits per heavy atom. The van der Waals surface area contributed by atoms with E-state index in [1.165, 1.54) is 19.3 Å². The maximum Gasteiger partial charge on any atom is 0.148 e. The molecule has 1 saturated carbocycles. The quantitative estimate of drug-likeness (QED) is 0.550. The van der Waals surface area contributed by atoms with Gasteiger partial charge in [0.2, 0.25) is 0 Å². The third kappa shape index (κ3) is 3.11. The SMILES string of the molecule is Cc1c(NN)nc(C(C)C)nc1NCC1(N(C)C)CCC1. The summed E-state index contributed by atoms with van der Waals surface area (Å²) >= 11 is 0. The van der Waals surface area contributed by atoms with Gasteiger partial charge in [-0.2, -0.15) is 0 Å². The molecule has 1 heterocycles. The molecule has 0 bridgehead atoms. The molecule has 0 atom stereocenters. The summed E-state index contributed by atoms with van der Waals surface area (Å²) in [6, 6.07) is 0. The second-order valence-electron chi connectivity index (χ2n) is 6.53. The molecule has 0 saturated heterocycles. The van der Waals surface area contributed by atoms with Gasteiger partial charge in [0.1, 0.15) is 17.5 Å². The van der Waals surface area contributed by atoms with Crippen LogP contribution in [0.15, 0.2) is 0 Å². The van der Waals surface area contributed by atoms with Crippen LogP contribution in [0, 0.1) is 6.92 Å². The Morgan fingerprint density at radius 2 is 1.86 bits per heavy atom. The predicted molar refractivity (Wildman–Crippen MR) is 87.4 cm³/mol. The second kappa shape index (κ2) is 6.15. The highest BCUT2D eigenvalue weighted by Crippen LogP contribution is 2.36. The molecular weight excluding hydrogens is 264 g/mol. The number of hydrogen-bond acceptors (Lipinski definition) is 6. The molecule has 0 radical (unpaired) electrons. The molecule has 4 N–H and O–H groups in total. The van der Waals surface area contributed by atoms with Gasteiger partial charge in [-0.25, -0.2) is 15.8 Å². The molecule has 6 nitrogen and oxygen atoms in total. The van der Waals surface area contributed by atoms with Crippen LogP contribution in [-0.4, -0.2) is 41.0 Å². The number of nitrogens with zero attached hydrogens (tertiary/aromatic N) is 3. The first-order chi connectivity index (χ1) is 9.89. The fourth-order valence-corrected chi connectivity index (χ4v) is 2.72. The van der Waals surface area contributed by atoms with Gasteiger partial charge >= 0.3 is 0 Å². The molecule has 6 heteroatoms. The minimum Gasteiger partial charge on any atom is -0.368 e. The fourth-order valence-electron chi connectivity index (χ4n) is 2.72. The number of likely N-dealkylation sites (N-methyl/N-ethyl adjacent to an activating group) is 1. The lowest BCUT2D eigenvalue weighted by Gasteiger charge is -2.47. The number of nitrogens with one attached hydrogen (secondary N) is 2. The van der Waals surface area contributed by atoms with E-state index in [9.17, 15) is 0 Å². The van der Waals surface area contributed by atoms with E-state index < -0.39 is 0 Å². The van der Waals surface area contributed by atoms with Crippen molar-refractivity contribution >= 4 is 11.6 Å². The van der Waals surface area contributed by atoms with Gasteiger partial charge in [0.15, 0.2) is 0 Å². The molecule has 1 fully saturated rings. The summed E-state index contributed by atoms with van der Waals surface area (Å²) in [5, 5.41) is 3.52. The van der Waals surface area contributed by atoms with Crippen LogP contribution in [0.25, 0.3) is 0 Å². The minimum absolute atomic E-state index is 0.256. The lowest BCUT2D eigenvalue weighted by molar-refractivity contribution is 0.0738. The number of aromatic nitrogens is 2. The van der Waals surface area contributed by atoms with Crippen LogP contribution in [0.1, 0.15) is 50.4 Å². The summed E-state index contributed by atoms with van der Waals surface area (Å²) in [5.74, 6) is 8.24. The zero-order chi connectivity index (χ0) is 15.6. The summed E-state index contributed by atoms with van der Waals surface area (Å²) in [6.07, 6.45) is 3.77. The molecule has 0 amide bonds. The maximum absolute atomic E-state index is 5.58. The number of rotatable bonds is 6. The third-order valence-electron chi connectivity index (χ3n) is 4.63. The van der Waals surface area contributed by atoms with Crippen LogP contribution >= 0.6 is 0 Å². The van der Waals surface area contributed by atoms with Crippen molar-refractivity contribution in [3.8, 4) is 0 Å². The van der Waals surface area contributed by atoms with Gasteiger partial charge in [-0.3, -0.25) is 0 Å². The van der Waals surface area contributed by atoms with E-state index >= 15 is 0 Å². The molecule has 0 aromatic carbocycles. The first-order valence-corrected chi connectivity index (χ1v) is 7.66. The maximum atomic E-state index is 5.58. The predicted octanol–water partition coefficient (Wildman–Crippen LogP) is 2.09. The number of hydrogen-bond donors (Lipinski definition) is 3. The van der Waals surface area contributed by atoms with Crippen LogP contribution < -0.4 is 16.6 Å². The molecule has 21 heavy (non-hydrogen) atoms. The van der Waals surface area contributed by atoms with Crippen molar-refractivity contribution in [2.75, 3.05) is 31.4 Å².